The Kier molecular flexibility index (Phi) is 4.29. The van der Waals surface area contributed by atoms with Gasteiger partial charge in [0.2, 0.25) is 0 Å². The second-order valence-electron chi connectivity index (χ2n) is 6.17. The van der Waals surface area contributed by atoms with E-state index in [0.717, 1.165) is 10.5 Å². The first-order chi connectivity index (χ1) is 10.2. The van der Waals surface area contributed by atoms with Gasteiger partial charge >= 0.3 is 0 Å². The molecule has 21 heavy (non-hydrogen) atoms. The lowest BCUT2D eigenvalue weighted by molar-refractivity contribution is 0.344. The van der Waals surface area contributed by atoms with Gasteiger partial charge in [-0.1, -0.05) is 37.5 Å². The van der Waals surface area contributed by atoms with Crippen molar-refractivity contribution in [2.45, 2.75) is 58.9 Å². The van der Waals surface area contributed by atoms with Crippen LogP contribution in [0.4, 0.5) is 5.69 Å². The van der Waals surface area contributed by atoms with E-state index >= 15 is 0 Å². The summed E-state index contributed by atoms with van der Waals surface area (Å²) in [7, 11) is 0. The van der Waals surface area contributed by atoms with E-state index in [2.05, 4.69) is 48.9 Å². The number of thiazole rings is 1. The van der Waals surface area contributed by atoms with Crippen molar-refractivity contribution < 1.29 is 0 Å². The Morgan fingerprint density at radius 3 is 2.38 bits per heavy atom. The quantitative estimate of drug-likeness (QED) is 0.724. The number of para-hydroxylation sites is 1. The maximum absolute atomic E-state index is 5.02. The normalized spacial score (nSPS) is 17.4. The lowest BCUT2D eigenvalue weighted by Gasteiger charge is -2.24. The first-order valence-electron chi connectivity index (χ1n) is 7.94. The third-order valence-electron chi connectivity index (χ3n) is 4.51. The van der Waals surface area contributed by atoms with Gasteiger partial charge in [-0.25, -0.2) is 4.99 Å². The molecule has 1 aliphatic rings. The number of aryl methyl sites for hydroxylation is 3. The summed E-state index contributed by atoms with van der Waals surface area (Å²) in [4.78, 5) is 6.18. The summed E-state index contributed by atoms with van der Waals surface area (Å²) in [5.41, 5.74) is 5.02. The standard InChI is InChI=1S/C18H24N2S/c1-13-8-7-9-14(2)17(13)19-18-20(15(3)12-21-18)16-10-5-4-6-11-16/h7-9,12,16H,4-6,10-11H2,1-3H3. The Morgan fingerprint density at radius 2 is 1.71 bits per heavy atom. The highest BCUT2D eigenvalue weighted by molar-refractivity contribution is 7.07. The second kappa shape index (κ2) is 6.18. The highest BCUT2D eigenvalue weighted by Gasteiger charge is 2.18. The molecular formula is C18H24N2S. The van der Waals surface area contributed by atoms with Crippen molar-refractivity contribution in [2.75, 3.05) is 0 Å². The molecule has 1 fully saturated rings. The van der Waals surface area contributed by atoms with Crippen molar-refractivity contribution in [3.8, 4) is 0 Å². The zero-order chi connectivity index (χ0) is 14.8. The fourth-order valence-corrected chi connectivity index (χ4v) is 4.28. The Labute approximate surface area is 131 Å². The molecule has 0 atom stereocenters. The van der Waals surface area contributed by atoms with Crippen LogP contribution in [0.3, 0.4) is 0 Å². The van der Waals surface area contributed by atoms with E-state index in [0.29, 0.717) is 6.04 Å². The molecular weight excluding hydrogens is 276 g/mol. The van der Waals surface area contributed by atoms with Crippen LogP contribution in [0.5, 0.6) is 0 Å². The molecule has 1 saturated carbocycles. The van der Waals surface area contributed by atoms with E-state index in [9.17, 15) is 0 Å². The first kappa shape index (κ1) is 14.6. The minimum absolute atomic E-state index is 0.646. The summed E-state index contributed by atoms with van der Waals surface area (Å²) in [5.74, 6) is 0. The zero-order valence-electron chi connectivity index (χ0n) is 13.2. The molecule has 0 radical (unpaired) electrons. The molecule has 2 nitrogen and oxygen atoms in total. The van der Waals surface area contributed by atoms with E-state index in [1.165, 1.54) is 48.9 Å². The molecule has 112 valence electrons. The number of aromatic nitrogens is 1. The minimum Gasteiger partial charge on any atom is -0.318 e. The van der Waals surface area contributed by atoms with Crippen molar-refractivity contribution in [3.05, 3.63) is 45.2 Å². The maximum Gasteiger partial charge on any atom is 0.190 e. The second-order valence-corrected chi connectivity index (χ2v) is 7.01. The largest absolute Gasteiger partial charge is 0.318 e. The summed E-state index contributed by atoms with van der Waals surface area (Å²) in [6, 6.07) is 7.06. The van der Waals surface area contributed by atoms with Gasteiger partial charge in [-0.15, -0.1) is 11.3 Å². The van der Waals surface area contributed by atoms with Gasteiger partial charge in [-0.05, 0) is 44.7 Å². The molecule has 0 spiro atoms. The van der Waals surface area contributed by atoms with Crippen LogP contribution in [-0.2, 0) is 0 Å². The van der Waals surface area contributed by atoms with Gasteiger partial charge in [-0.2, -0.15) is 0 Å². The Morgan fingerprint density at radius 1 is 1.05 bits per heavy atom. The minimum atomic E-state index is 0.646. The molecule has 2 aromatic rings. The Hall–Kier alpha value is -1.35. The highest BCUT2D eigenvalue weighted by atomic mass is 32.1. The lowest BCUT2D eigenvalue weighted by Crippen LogP contribution is -2.24. The monoisotopic (exact) mass is 300 g/mol. The third kappa shape index (κ3) is 2.98. The summed E-state index contributed by atoms with van der Waals surface area (Å²) >= 11 is 1.78. The van der Waals surface area contributed by atoms with Crippen molar-refractivity contribution in [2.24, 2.45) is 4.99 Å². The van der Waals surface area contributed by atoms with Crippen LogP contribution in [0, 0.1) is 20.8 Å². The predicted molar refractivity (Wildman–Crippen MR) is 90.3 cm³/mol. The van der Waals surface area contributed by atoms with Gasteiger partial charge in [0, 0.05) is 17.1 Å². The molecule has 3 rings (SSSR count). The Bertz CT molecular complexity index is 667. The number of hydrogen-bond donors (Lipinski definition) is 0. The summed E-state index contributed by atoms with van der Waals surface area (Å²) in [6.07, 6.45) is 6.71. The highest BCUT2D eigenvalue weighted by Crippen LogP contribution is 2.29. The molecule has 0 unspecified atom stereocenters. The van der Waals surface area contributed by atoms with E-state index < -0.39 is 0 Å². The Balaban J connectivity index is 2.08. The van der Waals surface area contributed by atoms with Crippen molar-refractivity contribution >= 4 is 17.0 Å². The number of benzene rings is 1. The number of nitrogens with zero attached hydrogens (tertiary/aromatic N) is 2. The van der Waals surface area contributed by atoms with Gasteiger partial charge in [0.25, 0.3) is 0 Å². The predicted octanol–water partition coefficient (Wildman–Crippen LogP) is 5.21. The number of hydrogen-bond acceptors (Lipinski definition) is 2. The van der Waals surface area contributed by atoms with Gasteiger partial charge in [0.05, 0.1) is 5.69 Å². The molecule has 3 heteroatoms. The fraction of sp³-hybridized carbons (Fsp3) is 0.500. The molecule has 0 saturated heterocycles. The molecule has 1 aromatic carbocycles. The number of rotatable bonds is 2. The van der Waals surface area contributed by atoms with Crippen LogP contribution in [-0.4, -0.2) is 4.57 Å². The molecule has 0 N–H and O–H groups in total. The summed E-state index contributed by atoms with van der Waals surface area (Å²) < 4.78 is 2.48. The van der Waals surface area contributed by atoms with Crippen molar-refractivity contribution in [1.82, 2.24) is 4.57 Å². The molecule has 1 heterocycles. The van der Waals surface area contributed by atoms with Gasteiger partial charge < -0.3 is 4.57 Å². The van der Waals surface area contributed by atoms with Gasteiger partial charge in [0.1, 0.15) is 0 Å². The SMILES string of the molecule is Cc1cccc(C)c1N=c1scc(C)n1C1CCCCC1. The smallest absolute Gasteiger partial charge is 0.190 e. The van der Waals surface area contributed by atoms with Crippen molar-refractivity contribution in [1.29, 1.82) is 0 Å². The van der Waals surface area contributed by atoms with Gasteiger partial charge in [0.15, 0.2) is 4.80 Å². The van der Waals surface area contributed by atoms with E-state index in [1.807, 2.05) is 0 Å². The van der Waals surface area contributed by atoms with E-state index in [-0.39, 0.29) is 0 Å². The molecule has 0 amide bonds. The lowest BCUT2D eigenvalue weighted by atomic mass is 9.95. The first-order valence-corrected chi connectivity index (χ1v) is 8.82. The van der Waals surface area contributed by atoms with E-state index in [1.54, 1.807) is 11.3 Å². The van der Waals surface area contributed by atoms with Crippen LogP contribution in [0.25, 0.3) is 0 Å². The van der Waals surface area contributed by atoms with Crippen LogP contribution in [0.1, 0.15) is 55.0 Å². The zero-order valence-corrected chi connectivity index (χ0v) is 14.0. The molecule has 1 aromatic heterocycles. The van der Waals surface area contributed by atoms with Crippen LogP contribution in [0.2, 0.25) is 0 Å². The maximum atomic E-state index is 5.02. The van der Waals surface area contributed by atoms with Gasteiger partial charge in [-0.3, -0.25) is 0 Å². The van der Waals surface area contributed by atoms with E-state index in [4.69, 9.17) is 4.99 Å². The summed E-state index contributed by atoms with van der Waals surface area (Å²) in [5, 5.41) is 2.25. The van der Waals surface area contributed by atoms with Crippen LogP contribution < -0.4 is 4.80 Å². The average molecular weight is 300 g/mol. The molecule has 1 aliphatic carbocycles. The molecule has 0 bridgehead atoms. The van der Waals surface area contributed by atoms with Crippen molar-refractivity contribution in [3.63, 3.8) is 0 Å². The molecule has 0 aliphatic heterocycles. The average Bonchev–Trinajstić information content (AvgIpc) is 2.85. The summed E-state index contributed by atoms with van der Waals surface area (Å²) in [6.45, 7) is 6.52. The fourth-order valence-electron chi connectivity index (χ4n) is 3.34. The van der Waals surface area contributed by atoms with Crippen LogP contribution >= 0.6 is 11.3 Å². The topological polar surface area (TPSA) is 17.3 Å². The van der Waals surface area contributed by atoms with Crippen LogP contribution in [0.15, 0.2) is 28.6 Å². The third-order valence-corrected chi connectivity index (χ3v) is 5.47.